The molecule has 154 valence electrons. The van der Waals surface area contributed by atoms with Crippen LogP contribution in [0.1, 0.15) is 18.4 Å². The zero-order valence-electron chi connectivity index (χ0n) is 15.6. The average Bonchev–Trinajstić information content (AvgIpc) is 2.66. The largest absolute Gasteiger partial charge is 0.482 e. The Bertz CT molecular complexity index is 836. The summed E-state index contributed by atoms with van der Waals surface area (Å²) in [4.78, 5) is 25.7. The van der Waals surface area contributed by atoms with Crippen molar-refractivity contribution in [2.75, 3.05) is 26.2 Å². The van der Waals surface area contributed by atoms with E-state index in [0.717, 1.165) is 11.0 Å². The lowest BCUT2D eigenvalue weighted by Gasteiger charge is -2.32. The second-order valence-electron chi connectivity index (χ2n) is 6.48. The maximum atomic E-state index is 12.1. The minimum absolute atomic E-state index is 0.0708. The van der Waals surface area contributed by atoms with Crippen LogP contribution >= 0.6 is 11.6 Å². The van der Waals surface area contributed by atoms with Gasteiger partial charge in [-0.3, -0.25) is 9.59 Å². The molecule has 0 aromatic heterocycles. The summed E-state index contributed by atoms with van der Waals surface area (Å²) in [5, 5.41) is 4.08. The Kier molecular flexibility index (Phi) is 7.85. The standard InChI is InChI=1S/C18H24ClN3O5S/c1-3-28(25,26)20-11-18(24)22-8-6-14(7-9-22)21-17(23)12-27-16-5-4-13(2)10-15(16)19/h3-5,10,14,20H,1,6-9,11-12H2,2H3,(H,21,23). The summed E-state index contributed by atoms with van der Waals surface area (Å²) < 4.78 is 30.2. The van der Waals surface area contributed by atoms with Gasteiger partial charge in [0.1, 0.15) is 5.75 Å². The topological polar surface area (TPSA) is 105 Å². The van der Waals surface area contributed by atoms with Gasteiger partial charge in [-0.05, 0) is 37.5 Å². The van der Waals surface area contributed by atoms with E-state index in [1.165, 1.54) is 0 Å². The molecule has 1 aromatic carbocycles. The van der Waals surface area contributed by atoms with Gasteiger partial charge in [0.25, 0.3) is 5.91 Å². The molecule has 1 saturated heterocycles. The fourth-order valence-electron chi connectivity index (χ4n) is 2.74. The van der Waals surface area contributed by atoms with E-state index in [1.54, 1.807) is 17.0 Å². The third-order valence-corrected chi connectivity index (χ3v) is 5.58. The molecule has 0 radical (unpaired) electrons. The van der Waals surface area contributed by atoms with Crippen LogP contribution in [-0.4, -0.2) is 57.4 Å². The quantitative estimate of drug-likeness (QED) is 0.646. The molecule has 28 heavy (non-hydrogen) atoms. The number of carbonyl (C=O) groups excluding carboxylic acids is 2. The molecule has 0 saturated carbocycles. The molecule has 0 aliphatic carbocycles. The number of ether oxygens (including phenoxy) is 1. The Morgan fingerprint density at radius 1 is 1.36 bits per heavy atom. The Morgan fingerprint density at radius 2 is 2.04 bits per heavy atom. The van der Waals surface area contributed by atoms with Gasteiger partial charge < -0.3 is 15.0 Å². The van der Waals surface area contributed by atoms with Crippen molar-refractivity contribution in [3.05, 3.63) is 40.8 Å². The third-order valence-electron chi connectivity index (χ3n) is 4.30. The highest BCUT2D eigenvalue weighted by Gasteiger charge is 2.24. The van der Waals surface area contributed by atoms with Gasteiger partial charge in [-0.25, -0.2) is 13.1 Å². The normalized spacial score (nSPS) is 15.1. The Morgan fingerprint density at radius 3 is 2.64 bits per heavy atom. The molecule has 2 N–H and O–H groups in total. The van der Waals surface area contributed by atoms with E-state index in [0.29, 0.717) is 36.7 Å². The molecule has 1 aliphatic heterocycles. The van der Waals surface area contributed by atoms with E-state index < -0.39 is 10.0 Å². The first kappa shape index (κ1) is 22.2. The van der Waals surface area contributed by atoms with E-state index >= 15 is 0 Å². The lowest BCUT2D eigenvalue weighted by molar-refractivity contribution is -0.131. The van der Waals surface area contributed by atoms with E-state index in [-0.39, 0.29) is 31.0 Å². The molecule has 0 unspecified atom stereocenters. The van der Waals surface area contributed by atoms with Crippen molar-refractivity contribution < 1.29 is 22.7 Å². The molecule has 2 amide bonds. The van der Waals surface area contributed by atoms with Crippen LogP contribution in [0.25, 0.3) is 0 Å². The molecule has 10 heteroatoms. The van der Waals surface area contributed by atoms with E-state index in [2.05, 4.69) is 16.6 Å². The Hall–Kier alpha value is -2.10. The lowest BCUT2D eigenvalue weighted by atomic mass is 10.0. The highest BCUT2D eigenvalue weighted by molar-refractivity contribution is 7.92. The number of hydrogen-bond acceptors (Lipinski definition) is 5. The minimum Gasteiger partial charge on any atom is -0.482 e. The number of carbonyl (C=O) groups is 2. The van der Waals surface area contributed by atoms with Crippen LogP contribution in [0, 0.1) is 6.92 Å². The number of hydrogen-bond donors (Lipinski definition) is 2. The maximum Gasteiger partial charge on any atom is 0.258 e. The fraction of sp³-hybridized carbons (Fsp3) is 0.444. The number of nitrogens with one attached hydrogen (secondary N) is 2. The highest BCUT2D eigenvalue weighted by Crippen LogP contribution is 2.25. The van der Waals surface area contributed by atoms with Crippen LogP contribution in [-0.2, 0) is 19.6 Å². The van der Waals surface area contributed by atoms with Gasteiger partial charge in [-0.1, -0.05) is 24.2 Å². The van der Waals surface area contributed by atoms with Gasteiger partial charge in [-0.15, -0.1) is 0 Å². The van der Waals surface area contributed by atoms with Crippen molar-refractivity contribution >= 4 is 33.4 Å². The third kappa shape index (κ3) is 6.81. The van der Waals surface area contributed by atoms with Crippen molar-refractivity contribution in [3.63, 3.8) is 0 Å². The number of halogens is 1. The minimum atomic E-state index is -3.63. The van der Waals surface area contributed by atoms with Crippen molar-refractivity contribution in [1.29, 1.82) is 0 Å². The molecule has 0 bridgehead atoms. The number of sulfonamides is 1. The zero-order valence-corrected chi connectivity index (χ0v) is 17.2. The molecular weight excluding hydrogens is 406 g/mol. The summed E-state index contributed by atoms with van der Waals surface area (Å²) in [6.45, 7) is 5.49. The Balaban J connectivity index is 1.72. The monoisotopic (exact) mass is 429 g/mol. The summed E-state index contributed by atoms with van der Waals surface area (Å²) in [7, 11) is -3.63. The number of aryl methyl sites for hydroxylation is 1. The number of rotatable bonds is 8. The molecule has 1 aromatic rings. The van der Waals surface area contributed by atoms with Gasteiger partial charge in [0.05, 0.1) is 11.6 Å². The van der Waals surface area contributed by atoms with Crippen molar-refractivity contribution in [2.24, 2.45) is 0 Å². The second-order valence-corrected chi connectivity index (χ2v) is 8.60. The number of piperidine rings is 1. The number of likely N-dealkylation sites (tertiary alicyclic amines) is 1. The van der Waals surface area contributed by atoms with Crippen molar-refractivity contribution in [2.45, 2.75) is 25.8 Å². The van der Waals surface area contributed by atoms with E-state index in [4.69, 9.17) is 16.3 Å². The first-order valence-corrected chi connectivity index (χ1v) is 10.7. The lowest BCUT2D eigenvalue weighted by Crippen LogP contribution is -2.49. The van der Waals surface area contributed by atoms with Crippen LogP contribution in [0.2, 0.25) is 5.02 Å². The summed E-state index contributed by atoms with van der Waals surface area (Å²) in [5.74, 6) is -0.127. The zero-order chi connectivity index (χ0) is 20.7. The highest BCUT2D eigenvalue weighted by atomic mass is 35.5. The second kappa shape index (κ2) is 9.90. The summed E-state index contributed by atoms with van der Waals surface area (Å²) in [5.41, 5.74) is 1.00. The van der Waals surface area contributed by atoms with Crippen LogP contribution < -0.4 is 14.8 Å². The van der Waals surface area contributed by atoms with Gasteiger partial charge >= 0.3 is 0 Å². The molecule has 1 aliphatic rings. The maximum absolute atomic E-state index is 12.1. The van der Waals surface area contributed by atoms with Crippen LogP contribution in [0.4, 0.5) is 0 Å². The molecular formula is C18H24ClN3O5S. The molecule has 8 nitrogen and oxygen atoms in total. The van der Waals surface area contributed by atoms with E-state index in [9.17, 15) is 18.0 Å². The molecule has 0 atom stereocenters. The predicted octanol–water partition coefficient (Wildman–Crippen LogP) is 1.20. The van der Waals surface area contributed by atoms with Crippen LogP contribution in [0.5, 0.6) is 5.75 Å². The first-order chi connectivity index (χ1) is 13.2. The molecule has 1 heterocycles. The number of benzene rings is 1. The van der Waals surface area contributed by atoms with Crippen molar-refractivity contribution in [3.8, 4) is 5.75 Å². The molecule has 0 spiro atoms. The van der Waals surface area contributed by atoms with E-state index in [1.807, 2.05) is 13.0 Å². The molecule has 2 rings (SSSR count). The summed E-state index contributed by atoms with van der Waals surface area (Å²) in [6, 6.07) is 5.26. The summed E-state index contributed by atoms with van der Waals surface area (Å²) >= 11 is 6.07. The van der Waals surface area contributed by atoms with Gasteiger partial charge in [0.2, 0.25) is 15.9 Å². The first-order valence-electron chi connectivity index (χ1n) is 8.78. The molecule has 1 fully saturated rings. The van der Waals surface area contributed by atoms with Gasteiger partial charge in [0, 0.05) is 24.5 Å². The SMILES string of the molecule is C=CS(=O)(=O)NCC(=O)N1CCC(NC(=O)COc2ccc(C)cc2Cl)CC1. The fourth-order valence-corrected chi connectivity index (χ4v) is 3.47. The van der Waals surface area contributed by atoms with Gasteiger partial charge in [-0.2, -0.15) is 0 Å². The van der Waals surface area contributed by atoms with Crippen LogP contribution in [0.3, 0.4) is 0 Å². The predicted molar refractivity (Wildman–Crippen MR) is 107 cm³/mol. The number of nitrogens with zero attached hydrogens (tertiary/aromatic N) is 1. The Labute approximate surface area is 169 Å². The average molecular weight is 430 g/mol. The smallest absolute Gasteiger partial charge is 0.258 e. The van der Waals surface area contributed by atoms with Crippen LogP contribution in [0.15, 0.2) is 30.2 Å². The summed E-state index contributed by atoms with van der Waals surface area (Å²) in [6.07, 6.45) is 1.16. The van der Waals surface area contributed by atoms with Gasteiger partial charge in [0.15, 0.2) is 6.61 Å². The number of amides is 2. The van der Waals surface area contributed by atoms with Crippen molar-refractivity contribution in [1.82, 2.24) is 14.9 Å².